The Hall–Kier alpha value is -5.02. The van der Waals surface area contributed by atoms with E-state index in [1.807, 2.05) is 90.8 Å². The molecule has 4 aromatic rings. The second-order valence-corrected chi connectivity index (χ2v) is 11.0. The van der Waals surface area contributed by atoms with Gasteiger partial charge in [-0.15, -0.1) is 0 Å². The molecule has 0 aliphatic carbocycles. The summed E-state index contributed by atoms with van der Waals surface area (Å²) >= 11 is 0. The first-order valence-electron chi connectivity index (χ1n) is 14.5. The fourth-order valence-corrected chi connectivity index (χ4v) is 5.94. The Balaban J connectivity index is 1.00. The smallest absolute Gasteiger partial charge is 0.262 e. The fourth-order valence-electron chi connectivity index (χ4n) is 5.94. The number of anilines is 5. The molecule has 4 aromatic carbocycles. The number of hydrogen-bond donors (Lipinski definition) is 2. The SMILES string of the molecule is CN1c2cc(N3Cc4cc(N5CCOCC5)ccc4C3=O)ccc2NC1c1ccc(OCC(=O)Nc2ccccc2)cc1. The quantitative estimate of drug-likeness (QED) is 0.311. The van der Waals surface area contributed by atoms with Gasteiger partial charge < -0.3 is 34.8 Å². The Morgan fingerprint density at radius 2 is 1.72 bits per heavy atom. The molecule has 3 aliphatic heterocycles. The summed E-state index contributed by atoms with van der Waals surface area (Å²) in [5, 5.41) is 6.41. The van der Waals surface area contributed by atoms with Crippen molar-refractivity contribution in [1.82, 2.24) is 0 Å². The third-order valence-corrected chi connectivity index (χ3v) is 8.24. The van der Waals surface area contributed by atoms with Gasteiger partial charge in [-0.3, -0.25) is 9.59 Å². The minimum absolute atomic E-state index is 0.0293. The first-order chi connectivity index (χ1) is 21.0. The van der Waals surface area contributed by atoms with Gasteiger partial charge in [0.2, 0.25) is 0 Å². The molecule has 1 unspecified atom stereocenters. The molecule has 218 valence electrons. The summed E-state index contributed by atoms with van der Waals surface area (Å²) in [4.78, 5) is 32.0. The van der Waals surface area contributed by atoms with Crippen LogP contribution in [0.2, 0.25) is 0 Å². The third-order valence-electron chi connectivity index (χ3n) is 8.24. The van der Waals surface area contributed by atoms with Crippen LogP contribution in [0.5, 0.6) is 5.75 Å². The highest BCUT2D eigenvalue weighted by molar-refractivity contribution is 6.10. The molecule has 3 heterocycles. The van der Waals surface area contributed by atoms with E-state index < -0.39 is 0 Å². The van der Waals surface area contributed by atoms with E-state index in [0.29, 0.717) is 12.3 Å². The number of benzene rings is 4. The van der Waals surface area contributed by atoms with Crippen molar-refractivity contribution < 1.29 is 19.1 Å². The molecule has 0 bridgehead atoms. The van der Waals surface area contributed by atoms with Crippen LogP contribution in [0, 0.1) is 0 Å². The fraction of sp³-hybridized carbons (Fsp3) is 0.235. The predicted molar refractivity (Wildman–Crippen MR) is 168 cm³/mol. The number of carbonyl (C=O) groups excluding carboxylic acids is 2. The van der Waals surface area contributed by atoms with Gasteiger partial charge in [-0.1, -0.05) is 30.3 Å². The second-order valence-electron chi connectivity index (χ2n) is 11.0. The molecular weight excluding hydrogens is 542 g/mol. The zero-order valence-electron chi connectivity index (χ0n) is 24.0. The highest BCUT2D eigenvalue weighted by Crippen LogP contribution is 2.43. The van der Waals surface area contributed by atoms with E-state index in [0.717, 1.165) is 71.4 Å². The van der Waals surface area contributed by atoms with Crippen LogP contribution >= 0.6 is 0 Å². The first kappa shape index (κ1) is 26.9. The molecule has 2 N–H and O–H groups in total. The summed E-state index contributed by atoms with van der Waals surface area (Å²) in [7, 11) is 2.04. The van der Waals surface area contributed by atoms with Crippen LogP contribution in [-0.2, 0) is 16.1 Å². The van der Waals surface area contributed by atoms with Crippen molar-refractivity contribution in [2.24, 2.45) is 0 Å². The van der Waals surface area contributed by atoms with E-state index in [1.165, 1.54) is 0 Å². The molecule has 43 heavy (non-hydrogen) atoms. The summed E-state index contributed by atoms with van der Waals surface area (Å²) < 4.78 is 11.2. The molecule has 9 heteroatoms. The zero-order chi connectivity index (χ0) is 29.3. The average Bonchev–Trinajstić information content (AvgIpc) is 3.56. The normalized spacial score (nSPS) is 17.4. The molecule has 0 radical (unpaired) electrons. The molecule has 0 spiro atoms. The molecule has 7 rings (SSSR count). The molecule has 1 saturated heterocycles. The van der Waals surface area contributed by atoms with Crippen molar-refractivity contribution in [2.45, 2.75) is 12.7 Å². The molecule has 0 aromatic heterocycles. The number of nitrogens with zero attached hydrogens (tertiary/aromatic N) is 3. The molecule has 1 fully saturated rings. The standard InChI is InChI=1S/C34H33N5O4/c1-37-31-20-27(39-21-24-19-26(9-13-29(24)34(39)41)38-15-17-42-18-16-38)10-14-30(31)36-33(37)23-7-11-28(12-8-23)43-22-32(40)35-25-5-3-2-4-6-25/h2-14,19-20,33,36H,15-18,21-22H2,1H3,(H,35,40). The monoisotopic (exact) mass is 575 g/mol. The Morgan fingerprint density at radius 1 is 0.953 bits per heavy atom. The van der Waals surface area contributed by atoms with Crippen LogP contribution in [-0.4, -0.2) is 51.8 Å². The number of ether oxygens (including phenoxy) is 2. The summed E-state index contributed by atoms with van der Waals surface area (Å²) in [6.45, 7) is 3.67. The largest absolute Gasteiger partial charge is 0.484 e. The Labute approximate surface area is 250 Å². The topological polar surface area (TPSA) is 86.4 Å². The summed E-state index contributed by atoms with van der Waals surface area (Å²) in [6, 6.07) is 29.3. The van der Waals surface area contributed by atoms with Crippen LogP contribution in [0.25, 0.3) is 0 Å². The molecule has 3 aliphatic rings. The van der Waals surface area contributed by atoms with E-state index >= 15 is 0 Å². The van der Waals surface area contributed by atoms with Gasteiger partial charge in [-0.2, -0.15) is 0 Å². The van der Waals surface area contributed by atoms with Gasteiger partial charge >= 0.3 is 0 Å². The van der Waals surface area contributed by atoms with Crippen molar-refractivity contribution in [3.8, 4) is 5.75 Å². The first-order valence-corrected chi connectivity index (χ1v) is 14.5. The van der Waals surface area contributed by atoms with E-state index in [4.69, 9.17) is 9.47 Å². The Morgan fingerprint density at radius 3 is 2.51 bits per heavy atom. The molecule has 1 atom stereocenters. The third kappa shape index (κ3) is 5.35. The van der Waals surface area contributed by atoms with Gasteiger partial charge in [-0.05, 0) is 71.8 Å². The number of hydrogen-bond acceptors (Lipinski definition) is 7. The van der Waals surface area contributed by atoms with Crippen LogP contribution in [0.15, 0.2) is 91.0 Å². The van der Waals surface area contributed by atoms with Crippen molar-refractivity contribution >= 4 is 40.3 Å². The number of amides is 2. The number of morpholine rings is 1. The van der Waals surface area contributed by atoms with E-state index in [9.17, 15) is 9.59 Å². The van der Waals surface area contributed by atoms with Crippen molar-refractivity contribution in [2.75, 3.05) is 65.3 Å². The lowest BCUT2D eigenvalue weighted by atomic mass is 10.1. The Bertz CT molecular complexity index is 1650. The lowest BCUT2D eigenvalue weighted by Crippen LogP contribution is -2.36. The van der Waals surface area contributed by atoms with Gasteiger partial charge in [0.25, 0.3) is 11.8 Å². The number of carbonyl (C=O) groups is 2. The van der Waals surface area contributed by atoms with E-state index in [1.54, 1.807) is 0 Å². The maximum atomic E-state index is 13.4. The van der Waals surface area contributed by atoms with Crippen LogP contribution in [0.4, 0.5) is 28.4 Å². The van der Waals surface area contributed by atoms with Gasteiger partial charge in [0.15, 0.2) is 6.61 Å². The molecule has 0 saturated carbocycles. The van der Waals surface area contributed by atoms with E-state index in [-0.39, 0.29) is 24.6 Å². The maximum absolute atomic E-state index is 13.4. The van der Waals surface area contributed by atoms with Gasteiger partial charge in [0.05, 0.1) is 31.1 Å². The van der Waals surface area contributed by atoms with Crippen molar-refractivity contribution in [3.63, 3.8) is 0 Å². The number of rotatable bonds is 7. The Kier molecular flexibility index (Phi) is 7.08. The maximum Gasteiger partial charge on any atom is 0.262 e. The zero-order valence-corrected chi connectivity index (χ0v) is 24.0. The lowest BCUT2D eigenvalue weighted by Gasteiger charge is -2.29. The summed E-state index contributed by atoms with van der Waals surface area (Å²) in [5.41, 5.74) is 7.67. The van der Waals surface area contributed by atoms with Gasteiger partial charge in [-0.25, -0.2) is 0 Å². The molecule has 2 amide bonds. The molecule has 9 nitrogen and oxygen atoms in total. The lowest BCUT2D eigenvalue weighted by molar-refractivity contribution is -0.118. The van der Waals surface area contributed by atoms with Crippen LogP contribution in [0.1, 0.15) is 27.7 Å². The highest BCUT2D eigenvalue weighted by atomic mass is 16.5. The minimum Gasteiger partial charge on any atom is -0.484 e. The van der Waals surface area contributed by atoms with E-state index in [2.05, 4.69) is 32.6 Å². The minimum atomic E-state index is -0.212. The number of nitrogens with one attached hydrogen (secondary N) is 2. The summed E-state index contributed by atoms with van der Waals surface area (Å²) in [6.07, 6.45) is -0.0803. The van der Waals surface area contributed by atoms with Crippen LogP contribution in [0.3, 0.4) is 0 Å². The van der Waals surface area contributed by atoms with Crippen molar-refractivity contribution in [1.29, 1.82) is 0 Å². The van der Waals surface area contributed by atoms with Crippen molar-refractivity contribution in [3.05, 3.63) is 108 Å². The number of para-hydroxylation sites is 1. The second kappa shape index (κ2) is 11.3. The number of fused-ring (bicyclic) bond motifs is 2. The van der Waals surface area contributed by atoms with Gasteiger partial charge in [0, 0.05) is 42.8 Å². The van der Waals surface area contributed by atoms with Gasteiger partial charge in [0.1, 0.15) is 11.9 Å². The average molecular weight is 576 g/mol. The summed E-state index contributed by atoms with van der Waals surface area (Å²) in [5.74, 6) is 0.439. The van der Waals surface area contributed by atoms with Crippen LogP contribution < -0.4 is 30.1 Å². The molecular formula is C34H33N5O4. The highest BCUT2D eigenvalue weighted by Gasteiger charge is 2.32. The predicted octanol–water partition coefficient (Wildman–Crippen LogP) is 5.26.